The Kier molecular flexibility index (Phi) is 6.26. The summed E-state index contributed by atoms with van der Waals surface area (Å²) in [6.07, 6.45) is 8.24. The van der Waals surface area contributed by atoms with Gasteiger partial charge in [-0.15, -0.1) is 11.3 Å². The summed E-state index contributed by atoms with van der Waals surface area (Å²) in [6.45, 7) is 4.12. The molecule has 2 fully saturated rings. The molecule has 0 spiro atoms. The Morgan fingerprint density at radius 3 is 2.40 bits per heavy atom. The normalized spacial score (nSPS) is 20.3. The Labute approximate surface area is 180 Å². The van der Waals surface area contributed by atoms with E-state index in [-0.39, 0.29) is 17.9 Å². The van der Waals surface area contributed by atoms with E-state index in [0.717, 1.165) is 49.2 Å². The lowest BCUT2D eigenvalue weighted by atomic mass is 9.83. The Morgan fingerprint density at radius 2 is 1.77 bits per heavy atom. The van der Waals surface area contributed by atoms with Gasteiger partial charge in [0.1, 0.15) is 4.88 Å². The number of thiazole rings is 1. The van der Waals surface area contributed by atoms with Crippen molar-refractivity contribution in [2.75, 3.05) is 32.0 Å². The van der Waals surface area contributed by atoms with Crippen LogP contribution in [0.2, 0.25) is 0 Å². The standard InChI is InChI=1S/C21H28N6O2S/c1-14-18(30-13-25-14)20(29)27-8-4-3-5-17(27)15-6-9-26(10-7-15)19(28)16-11-23-21(22-2)24-12-16/h11-13,15,17H,3-10H2,1-2H3,(H,22,23,24). The Morgan fingerprint density at radius 1 is 1.03 bits per heavy atom. The lowest BCUT2D eigenvalue weighted by Gasteiger charge is -2.43. The van der Waals surface area contributed by atoms with Gasteiger partial charge in [0.05, 0.1) is 16.8 Å². The third-order valence-electron chi connectivity index (χ3n) is 6.24. The van der Waals surface area contributed by atoms with Crippen LogP contribution in [-0.4, -0.2) is 69.3 Å². The van der Waals surface area contributed by atoms with Crippen LogP contribution in [0.1, 0.15) is 57.8 Å². The highest BCUT2D eigenvalue weighted by Gasteiger charge is 2.36. The van der Waals surface area contributed by atoms with Crippen molar-refractivity contribution >= 4 is 29.1 Å². The average molecular weight is 429 g/mol. The minimum absolute atomic E-state index is 0.0204. The number of carbonyl (C=O) groups is 2. The van der Waals surface area contributed by atoms with E-state index in [1.165, 1.54) is 11.3 Å². The number of amides is 2. The largest absolute Gasteiger partial charge is 0.357 e. The smallest absolute Gasteiger partial charge is 0.266 e. The Balaban J connectivity index is 1.40. The van der Waals surface area contributed by atoms with Crippen molar-refractivity contribution in [1.29, 1.82) is 0 Å². The SMILES string of the molecule is CNc1ncc(C(=O)N2CCC(C3CCCCN3C(=O)c3scnc3C)CC2)cn1. The van der Waals surface area contributed by atoms with E-state index in [2.05, 4.69) is 25.2 Å². The van der Waals surface area contributed by atoms with Crippen LogP contribution in [-0.2, 0) is 0 Å². The summed E-state index contributed by atoms with van der Waals surface area (Å²) in [4.78, 5) is 43.2. The average Bonchev–Trinajstić information content (AvgIpc) is 3.24. The molecule has 2 aliphatic heterocycles. The summed E-state index contributed by atoms with van der Waals surface area (Å²) in [5, 5.41) is 2.86. The first kappa shape index (κ1) is 20.7. The van der Waals surface area contributed by atoms with E-state index in [0.29, 0.717) is 30.5 Å². The van der Waals surface area contributed by atoms with Gasteiger partial charge in [0.25, 0.3) is 11.8 Å². The highest BCUT2D eigenvalue weighted by atomic mass is 32.1. The molecule has 0 radical (unpaired) electrons. The van der Waals surface area contributed by atoms with Crippen LogP contribution in [0.5, 0.6) is 0 Å². The molecule has 2 amide bonds. The number of piperidine rings is 2. The minimum atomic E-state index is -0.0204. The number of aryl methyl sites for hydroxylation is 1. The van der Waals surface area contributed by atoms with Gasteiger partial charge in [-0.05, 0) is 44.9 Å². The van der Waals surface area contributed by atoms with E-state index in [1.54, 1.807) is 25.0 Å². The number of rotatable bonds is 4. The highest BCUT2D eigenvalue weighted by Crippen LogP contribution is 2.32. The fourth-order valence-electron chi connectivity index (χ4n) is 4.57. The molecule has 2 aromatic rings. The predicted molar refractivity (Wildman–Crippen MR) is 116 cm³/mol. The van der Waals surface area contributed by atoms with Gasteiger partial charge in [-0.2, -0.15) is 0 Å². The van der Waals surface area contributed by atoms with Gasteiger partial charge in [-0.1, -0.05) is 0 Å². The number of hydrogen-bond donors (Lipinski definition) is 1. The van der Waals surface area contributed by atoms with Gasteiger partial charge in [-0.25, -0.2) is 15.0 Å². The van der Waals surface area contributed by atoms with E-state index < -0.39 is 0 Å². The molecule has 2 saturated heterocycles. The summed E-state index contributed by atoms with van der Waals surface area (Å²) in [6, 6.07) is 0.253. The molecule has 9 heteroatoms. The molecular weight excluding hydrogens is 400 g/mol. The van der Waals surface area contributed by atoms with E-state index in [4.69, 9.17) is 0 Å². The van der Waals surface area contributed by atoms with Crippen LogP contribution in [0, 0.1) is 12.8 Å². The topological polar surface area (TPSA) is 91.3 Å². The summed E-state index contributed by atoms with van der Waals surface area (Å²) in [7, 11) is 1.75. The number of likely N-dealkylation sites (tertiary alicyclic amines) is 2. The zero-order valence-electron chi connectivity index (χ0n) is 17.5. The molecule has 0 saturated carbocycles. The number of hydrogen-bond acceptors (Lipinski definition) is 7. The molecule has 0 bridgehead atoms. The van der Waals surface area contributed by atoms with Crippen molar-refractivity contribution in [3.63, 3.8) is 0 Å². The molecule has 8 nitrogen and oxygen atoms in total. The van der Waals surface area contributed by atoms with Gasteiger partial charge in [-0.3, -0.25) is 9.59 Å². The molecule has 160 valence electrons. The van der Waals surface area contributed by atoms with Crippen molar-refractivity contribution in [3.05, 3.63) is 34.0 Å². The molecule has 0 aromatic carbocycles. The van der Waals surface area contributed by atoms with Gasteiger partial charge < -0.3 is 15.1 Å². The number of anilines is 1. The number of aromatic nitrogens is 3. The molecule has 2 aromatic heterocycles. The molecule has 0 aliphatic carbocycles. The zero-order valence-corrected chi connectivity index (χ0v) is 18.3. The van der Waals surface area contributed by atoms with Crippen LogP contribution < -0.4 is 5.32 Å². The summed E-state index contributed by atoms with van der Waals surface area (Å²) in [5.74, 6) is 1.03. The first-order valence-corrected chi connectivity index (χ1v) is 11.5. The summed E-state index contributed by atoms with van der Waals surface area (Å²) in [5.41, 5.74) is 3.09. The van der Waals surface area contributed by atoms with E-state index in [1.807, 2.05) is 11.8 Å². The Hall–Kier alpha value is -2.55. The maximum atomic E-state index is 13.2. The summed E-state index contributed by atoms with van der Waals surface area (Å²) < 4.78 is 0. The van der Waals surface area contributed by atoms with Gasteiger partial charge in [0, 0.05) is 45.1 Å². The molecule has 30 heavy (non-hydrogen) atoms. The fraction of sp³-hybridized carbons (Fsp3) is 0.571. The monoisotopic (exact) mass is 428 g/mol. The second-order valence-electron chi connectivity index (χ2n) is 8.00. The predicted octanol–water partition coefficient (Wildman–Crippen LogP) is 2.83. The first-order valence-electron chi connectivity index (χ1n) is 10.6. The lowest BCUT2D eigenvalue weighted by molar-refractivity contribution is 0.0377. The lowest BCUT2D eigenvalue weighted by Crippen LogP contribution is -2.51. The van der Waals surface area contributed by atoms with Gasteiger partial charge >= 0.3 is 0 Å². The maximum absolute atomic E-state index is 13.2. The molecular formula is C21H28N6O2S. The van der Waals surface area contributed by atoms with E-state index in [9.17, 15) is 9.59 Å². The van der Waals surface area contributed by atoms with Gasteiger partial charge in [0.15, 0.2) is 0 Å². The Bertz CT molecular complexity index is 891. The molecule has 1 atom stereocenters. The van der Waals surface area contributed by atoms with Gasteiger partial charge in [0.2, 0.25) is 5.95 Å². The van der Waals surface area contributed by atoms with Crippen molar-refractivity contribution in [2.45, 2.75) is 45.1 Å². The third kappa shape index (κ3) is 4.16. The van der Waals surface area contributed by atoms with Crippen LogP contribution in [0.3, 0.4) is 0 Å². The van der Waals surface area contributed by atoms with Crippen LogP contribution in [0.15, 0.2) is 17.9 Å². The van der Waals surface area contributed by atoms with Crippen molar-refractivity contribution in [2.24, 2.45) is 5.92 Å². The highest BCUT2D eigenvalue weighted by molar-refractivity contribution is 7.11. The van der Waals surface area contributed by atoms with Crippen LogP contribution in [0.25, 0.3) is 0 Å². The number of nitrogens with zero attached hydrogens (tertiary/aromatic N) is 5. The third-order valence-corrected chi connectivity index (χ3v) is 7.16. The molecule has 1 N–H and O–H groups in total. The number of carbonyl (C=O) groups excluding carboxylic acids is 2. The van der Waals surface area contributed by atoms with Crippen LogP contribution in [0.4, 0.5) is 5.95 Å². The first-order chi connectivity index (χ1) is 14.6. The molecule has 1 unspecified atom stereocenters. The van der Waals surface area contributed by atoms with Crippen molar-refractivity contribution < 1.29 is 9.59 Å². The summed E-state index contributed by atoms with van der Waals surface area (Å²) >= 11 is 1.43. The van der Waals surface area contributed by atoms with E-state index >= 15 is 0 Å². The molecule has 2 aliphatic rings. The second-order valence-corrected chi connectivity index (χ2v) is 8.86. The minimum Gasteiger partial charge on any atom is -0.357 e. The quantitative estimate of drug-likeness (QED) is 0.805. The zero-order chi connectivity index (χ0) is 21.1. The second kappa shape index (κ2) is 9.07. The molecule has 4 rings (SSSR count). The molecule has 4 heterocycles. The van der Waals surface area contributed by atoms with Crippen molar-refractivity contribution in [3.8, 4) is 0 Å². The van der Waals surface area contributed by atoms with Crippen molar-refractivity contribution in [1.82, 2.24) is 24.8 Å². The fourth-order valence-corrected chi connectivity index (χ4v) is 5.33. The van der Waals surface area contributed by atoms with Crippen LogP contribution >= 0.6 is 11.3 Å². The number of nitrogens with one attached hydrogen (secondary N) is 1. The maximum Gasteiger partial charge on any atom is 0.266 e.